The lowest BCUT2D eigenvalue weighted by Gasteiger charge is -2.09. The summed E-state index contributed by atoms with van der Waals surface area (Å²) < 4.78 is 1.16. The van der Waals surface area contributed by atoms with Crippen molar-refractivity contribution in [3.8, 4) is 0 Å². The zero-order valence-electron chi connectivity index (χ0n) is 8.46. The second-order valence-electron chi connectivity index (χ2n) is 4.47. The Kier molecular flexibility index (Phi) is 2.67. The van der Waals surface area contributed by atoms with Gasteiger partial charge in [0.05, 0.1) is 0 Å². The van der Waals surface area contributed by atoms with Crippen molar-refractivity contribution in [2.24, 2.45) is 11.7 Å². The fraction of sp³-hybridized carbons (Fsp3) is 0.500. The predicted molar refractivity (Wildman–Crippen MR) is 63.2 cm³/mol. The van der Waals surface area contributed by atoms with Crippen LogP contribution in [-0.4, -0.2) is 5.54 Å². The highest BCUT2D eigenvalue weighted by atomic mass is 79.9. The van der Waals surface area contributed by atoms with Gasteiger partial charge in [0.15, 0.2) is 0 Å². The van der Waals surface area contributed by atoms with Crippen LogP contribution in [0.15, 0.2) is 28.7 Å². The van der Waals surface area contributed by atoms with Crippen molar-refractivity contribution >= 4 is 15.9 Å². The molecule has 0 radical (unpaired) electrons. The van der Waals surface area contributed by atoms with Crippen molar-refractivity contribution in [2.75, 3.05) is 0 Å². The molecule has 1 aliphatic carbocycles. The van der Waals surface area contributed by atoms with Crippen molar-refractivity contribution in [3.05, 3.63) is 34.3 Å². The highest BCUT2D eigenvalue weighted by Crippen LogP contribution is 2.43. The molecule has 0 spiro atoms. The maximum absolute atomic E-state index is 6.16. The normalized spacial score (nSPS) is 30.4. The van der Waals surface area contributed by atoms with E-state index in [9.17, 15) is 0 Å². The summed E-state index contributed by atoms with van der Waals surface area (Å²) in [7, 11) is 0. The summed E-state index contributed by atoms with van der Waals surface area (Å²) >= 11 is 3.48. The third kappa shape index (κ3) is 2.18. The zero-order chi connectivity index (χ0) is 10.2. The molecule has 2 atom stereocenters. The van der Waals surface area contributed by atoms with Crippen LogP contribution >= 0.6 is 15.9 Å². The SMILES string of the molecule is CC1CC1(N)CCc1cccc(Br)c1. The van der Waals surface area contributed by atoms with E-state index in [0.29, 0.717) is 0 Å². The van der Waals surface area contributed by atoms with Crippen LogP contribution in [0.4, 0.5) is 0 Å². The molecule has 1 saturated carbocycles. The van der Waals surface area contributed by atoms with E-state index in [4.69, 9.17) is 5.73 Å². The Morgan fingerprint density at radius 3 is 2.86 bits per heavy atom. The van der Waals surface area contributed by atoms with Crippen molar-refractivity contribution in [3.63, 3.8) is 0 Å². The number of hydrogen-bond donors (Lipinski definition) is 1. The highest BCUT2D eigenvalue weighted by molar-refractivity contribution is 9.10. The molecule has 14 heavy (non-hydrogen) atoms. The lowest BCUT2D eigenvalue weighted by Crippen LogP contribution is -2.24. The smallest absolute Gasteiger partial charge is 0.0187 e. The molecule has 1 aromatic rings. The Labute approximate surface area is 93.8 Å². The second kappa shape index (κ2) is 3.67. The molecule has 0 aromatic heterocycles. The van der Waals surface area contributed by atoms with Gasteiger partial charge in [-0.25, -0.2) is 0 Å². The van der Waals surface area contributed by atoms with Gasteiger partial charge in [0.25, 0.3) is 0 Å². The fourth-order valence-electron chi connectivity index (χ4n) is 1.93. The Balaban J connectivity index is 1.92. The Bertz CT molecular complexity index is 337. The number of hydrogen-bond acceptors (Lipinski definition) is 1. The third-order valence-corrected chi connectivity index (χ3v) is 3.77. The largest absolute Gasteiger partial charge is 0.325 e. The summed E-state index contributed by atoms with van der Waals surface area (Å²) in [6.07, 6.45) is 3.41. The molecule has 0 bridgehead atoms. The molecule has 1 aliphatic rings. The summed E-state index contributed by atoms with van der Waals surface area (Å²) in [6.45, 7) is 2.24. The molecule has 2 rings (SSSR count). The first-order valence-electron chi connectivity index (χ1n) is 5.13. The van der Waals surface area contributed by atoms with Crippen LogP contribution in [0.25, 0.3) is 0 Å². The monoisotopic (exact) mass is 253 g/mol. The Morgan fingerprint density at radius 1 is 1.57 bits per heavy atom. The van der Waals surface area contributed by atoms with E-state index in [-0.39, 0.29) is 5.54 Å². The average molecular weight is 254 g/mol. The van der Waals surface area contributed by atoms with E-state index >= 15 is 0 Å². The van der Waals surface area contributed by atoms with E-state index in [2.05, 4.69) is 47.1 Å². The average Bonchev–Trinajstić information content (AvgIpc) is 2.72. The van der Waals surface area contributed by atoms with Crippen LogP contribution in [0, 0.1) is 5.92 Å². The van der Waals surface area contributed by atoms with Gasteiger partial charge >= 0.3 is 0 Å². The molecule has 0 aliphatic heterocycles. The first kappa shape index (κ1) is 10.2. The van der Waals surface area contributed by atoms with Gasteiger partial charge < -0.3 is 5.73 Å². The van der Waals surface area contributed by atoms with Crippen LogP contribution in [0.3, 0.4) is 0 Å². The molecule has 76 valence electrons. The first-order valence-corrected chi connectivity index (χ1v) is 5.93. The number of halogens is 1. The minimum atomic E-state index is 0.141. The van der Waals surface area contributed by atoms with Gasteiger partial charge in [-0.3, -0.25) is 0 Å². The Morgan fingerprint density at radius 2 is 2.29 bits per heavy atom. The van der Waals surface area contributed by atoms with Crippen LogP contribution in [0.1, 0.15) is 25.3 Å². The molecular weight excluding hydrogens is 238 g/mol. The van der Waals surface area contributed by atoms with Gasteiger partial charge in [-0.05, 0) is 42.9 Å². The minimum Gasteiger partial charge on any atom is -0.325 e. The fourth-order valence-corrected chi connectivity index (χ4v) is 2.38. The number of rotatable bonds is 3. The lowest BCUT2D eigenvalue weighted by molar-refractivity contribution is 0.565. The molecule has 1 nitrogen and oxygen atoms in total. The predicted octanol–water partition coefficient (Wildman–Crippen LogP) is 3.12. The quantitative estimate of drug-likeness (QED) is 0.881. The molecule has 2 N–H and O–H groups in total. The van der Waals surface area contributed by atoms with Gasteiger partial charge in [0.2, 0.25) is 0 Å². The van der Waals surface area contributed by atoms with Crippen molar-refractivity contribution < 1.29 is 0 Å². The molecule has 0 amide bonds. The number of benzene rings is 1. The van der Waals surface area contributed by atoms with Crippen molar-refractivity contribution in [1.82, 2.24) is 0 Å². The van der Waals surface area contributed by atoms with Gasteiger partial charge in [0, 0.05) is 10.0 Å². The maximum atomic E-state index is 6.16. The van der Waals surface area contributed by atoms with E-state index in [0.717, 1.165) is 23.2 Å². The first-order chi connectivity index (χ1) is 6.60. The molecule has 2 heteroatoms. The van der Waals surface area contributed by atoms with Gasteiger partial charge in [-0.15, -0.1) is 0 Å². The van der Waals surface area contributed by atoms with Gasteiger partial charge in [-0.2, -0.15) is 0 Å². The third-order valence-electron chi connectivity index (χ3n) is 3.28. The van der Waals surface area contributed by atoms with E-state index < -0.39 is 0 Å². The molecule has 0 saturated heterocycles. The van der Waals surface area contributed by atoms with Crippen LogP contribution in [-0.2, 0) is 6.42 Å². The van der Waals surface area contributed by atoms with E-state index in [1.165, 1.54) is 12.0 Å². The summed E-state index contributed by atoms with van der Waals surface area (Å²) in [5, 5.41) is 0. The topological polar surface area (TPSA) is 26.0 Å². The van der Waals surface area contributed by atoms with E-state index in [1.54, 1.807) is 0 Å². The van der Waals surface area contributed by atoms with Crippen LogP contribution in [0.5, 0.6) is 0 Å². The Hall–Kier alpha value is -0.340. The summed E-state index contributed by atoms with van der Waals surface area (Å²) in [6, 6.07) is 8.48. The number of nitrogens with two attached hydrogens (primary N) is 1. The summed E-state index contributed by atoms with van der Waals surface area (Å²) in [5.41, 5.74) is 7.68. The second-order valence-corrected chi connectivity index (χ2v) is 5.38. The summed E-state index contributed by atoms with van der Waals surface area (Å²) in [4.78, 5) is 0. The summed E-state index contributed by atoms with van der Waals surface area (Å²) in [5.74, 6) is 0.717. The molecular formula is C12H16BrN. The molecule has 0 heterocycles. The maximum Gasteiger partial charge on any atom is 0.0187 e. The molecule has 2 unspecified atom stereocenters. The van der Waals surface area contributed by atoms with E-state index in [1.807, 2.05) is 0 Å². The van der Waals surface area contributed by atoms with Crippen LogP contribution in [0.2, 0.25) is 0 Å². The minimum absolute atomic E-state index is 0.141. The molecule has 1 fully saturated rings. The zero-order valence-corrected chi connectivity index (χ0v) is 10.0. The van der Waals surface area contributed by atoms with Gasteiger partial charge in [-0.1, -0.05) is 35.0 Å². The van der Waals surface area contributed by atoms with Crippen molar-refractivity contribution in [2.45, 2.75) is 31.7 Å². The van der Waals surface area contributed by atoms with Gasteiger partial charge in [0.1, 0.15) is 0 Å². The molecule has 1 aromatic carbocycles. The van der Waals surface area contributed by atoms with Crippen molar-refractivity contribution in [1.29, 1.82) is 0 Å². The standard InChI is InChI=1S/C12H16BrN/c1-9-8-12(9,14)6-5-10-3-2-4-11(13)7-10/h2-4,7,9H,5-6,8,14H2,1H3. The highest BCUT2D eigenvalue weighted by Gasteiger charge is 2.46. The lowest BCUT2D eigenvalue weighted by atomic mass is 10.0. The number of aryl methyl sites for hydroxylation is 1. The van der Waals surface area contributed by atoms with Crippen LogP contribution < -0.4 is 5.73 Å².